The van der Waals surface area contributed by atoms with Crippen molar-refractivity contribution in [3.63, 3.8) is 0 Å². The van der Waals surface area contributed by atoms with Gasteiger partial charge in [-0.2, -0.15) is 0 Å². The molecule has 114 valence electrons. The monoisotopic (exact) mass is 350 g/mol. The van der Waals surface area contributed by atoms with E-state index in [0.717, 1.165) is 12.2 Å². The zero-order valence-corrected chi connectivity index (χ0v) is 12.9. The van der Waals surface area contributed by atoms with E-state index in [-0.39, 0.29) is 19.8 Å². The van der Waals surface area contributed by atoms with Crippen LogP contribution in [0.3, 0.4) is 0 Å². The van der Waals surface area contributed by atoms with E-state index in [4.69, 9.17) is 14.2 Å². The van der Waals surface area contributed by atoms with Crippen LogP contribution in [0, 0.1) is 5.41 Å². The third kappa shape index (κ3) is 6.31. The molecule has 0 fully saturated rings. The molecule has 0 saturated heterocycles. The second kappa shape index (κ2) is 9.68. The first-order valence-electron chi connectivity index (χ1n) is 5.84. The van der Waals surface area contributed by atoms with Gasteiger partial charge < -0.3 is 19.3 Å². The zero-order chi connectivity index (χ0) is 15.6. The second-order valence-electron chi connectivity index (χ2n) is 4.16. The number of rotatable bonds is 10. The van der Waals surface area contributed by atoms with Gasteiger partial charge in [0.2, 0.25) is 6.29 Å². The highest BCUT2D eigenvalue weighted by Gasteiger charge is 2.36. The Morgan fingerprint density at radius 1 is 1.30 bits per heavy atom. The fourth-order valence-corrected chi connectivity index (χ4v) is 1.51. The van der Waals surface area contributed by atoms with Crippen LogP contribution >= 0.6 is 15.9 Å². The number of aliphatic hydroxyl groups is 1. The molecule has 6 nitrogen and oxygen atoms in total. The van der Waals surface area contributed by atoms with Crippen molar-refractivity contribution >= 4 is 27.9 Å². The minimum atomic E-state index is -1.00. The molecule has 0 bridgehead atoms. The topological polar surface area (TPSA) is 82.1 Å². The Hall–Kier alpha value is -1.18. The second-order valence-corrected chi connectivity index (χ2v) is 4.72. The first kappa shape index (κ1) is 18.8. The van der Waals surface area contributed by atoms with Crippen LogP contribution in [0.5, 0.6) is 0 Å². The molecule has 2 unspecified atom stereocenters. The number of alkyl halides is 1. The molecule has 0 aliphatic carbocycles. The molecule has 2 atom stereocenters. The lowest BCUT2D eigenvalue weighted by atomic mass is 9.94. The summed E-state index contributed by atoms with van der Waals surface area (Å²) < 4.78 is 15.2. The third-order valence-electron chi connectivity index (χ3n) is 2.39. The number of hydrogen-bond acceptors (Lipinski definition) is 6. The molecule has 0 aromatic carbocycles. The molecule has 20 heavy (non-hydrogen) atoms. The predicted molar refractivity (Wildman–Crippen MR) is 76.2 cm³/mol. The van der Waals surface area contributed by atoms with E-state index in [0.29, 0.717) is 5.33 Å². The van der Waals surface area contributed by atoms with E-state index in [1.165, 1.54) is 0 Å². The van der Waals surface area contributed by atoms with E-state index in [9.17, 15) is 14.7 Å². The fourth-order valence-electron chi connectivity index (χ4n) is 1.07. The molecule has 7 heteroatoms. The number of carbonyl (C=O) groups excluding carboxylic acids is 2. The van der Waals surface area contributed by atoms with Gasteiger partial charge in [0.25, 0.3) is 0 Å². The minimum absolute atomic E-state index is 0.0112. The summed E-state index contributed by atoms with van der Waals surface area (Å²) in [7, 11) is 0. The van der Waals surface area contributed by atoms with Crippen molar-refractivity contribution in [2.75, 3.05) is 25.2 Å². The molecule has 0 heterocycles. The van der Waals surface area contributed by atoms with Crippen molar-refractivity contribution in [3.8, 4) is 0 Å². The number of halogens is 1. The van der Waals surface area contributed by atoms with Gasteiger partial charge in [-0.15, -0.1) is 0 Å². The number of ether oxygens (including phenoxy) is 3. The summed E-state index contributed by atoms with van der Waals surface area (Å²) in [5, 5.41) is 9.74. The SMILES string of the molecule is C=CC(=O)OCCOC(OC(=O)C=C)C(C)(CO)CBr. The first-order valence-corrected chi connectivity index (χ1v) is 6.96. The number of esters is 2. The summed E-state index contributed by atoms with van der Waals surface area (Å²) in [5.41, 5.74) is -0.832. The third-order valence-corrected chi connectivity index (χ3v) is 3.67. The molecule has 0 amide bonds. The number of aliphatic hydroxyl groups excluding tert-OH is 1. The van der Waals surface area contributed by atoms with Crippen LogP contribution in [0.25, 0.3) is 0 Å². The van der Waals surface area contributed by atoms with Crippen LogP contribution in [0.15, 0.2) is 25.3 Å². The van der Waals surface area contributed by atoms with Crippen molar-refractivity contribution in [3.05, 3.63) is 25.3 Å². The lowest BCUT2D eigenvalue weighted by molar-refractivity contribution is -0.209. The summed E-state index contributed by atoms with van der Waals surface area (Å²) in [4.78, 5) is 22.1. The van der Waals surface area contributed by atoms with E-state index in [2.05, 4.69) is 29.1 Å². The van der Waals surface area contributed by atoms with E-state index in [1.807, 2.05) is 0 Å². The normalized spacial score (nSPS) is 14.8. The van der Waals surface area contributed by atoms with Gasteiger partial charge in [-0.3, -0.25) is 0 Å². The maximum Gasteiger partial charge on any atom is 0.332 e. The molecule has 0 rings (SSSR count). The largest absolute Gasteiger partial charge is 0.460 e. The van der Waals surface area contributed by atoms with E-state index < -0.39 is 23.6 Å². The Labute approximate surface area is 126 Å². The average Bonchev–Trinajstić information content (AvgIpc) is 2.48. The standard InChI is InChI=1S/C13H19BrO6/c1-4-10(16)18-6-7-19-12(20-11(17)5-2)13(3,8-14)9-15/h4-5,12,15H,1-2,6-9H2,3H3. The summed E-state index contributed by atoms with van der Waals surface area (Å²) in [5.74, 6) is -1.24. The van der Waals surface area contributed by atoms with Crippen LogP contribution in [-0.2, 0) is 23.8 Å². The Morgan fingerprint density at radius 2 is 1.90 bits per heavy atom. The van der Waals surface area contributed by atoms with Crippen LogP contribution in [0.2, 0.25) is 0 Å². The Bertz CT molecular complexity index is 351. The highest BCUT2D eigenvalue weighted by molar-refractivity contribution is 9.09. The van der Waals surface area contributed by atoms with Gasteiger partial charge >= 0.3 is 11.9 Å². The van der Waals surface area contributed by atoms with Gasteiger partial charge in [0.05, 0.1) is 18.6 Å². The summed E-state index contributed by atoms with van der Waals surface area (Å²) >= 11 is 3.23. The molecule has 0 radical (unpaired) electrons. The van der Waals surface area contributed by atoms with E-state index >= 15 is 0 Å². The molecule has 1 N–H and O–H groups in total. The van der Waals surface area contributed by atoms with Crippen LogP contribution in [-0.4, -0.2) is 48.5 Å². The molecule has 0 saturated carbocycles. The van der Waals surface area contributed by atoms with Crippen LogP contribution in [0.1, 0.15) is 6.92 Å². The minimum Gasteiger partial charge on any atom is -0.460 e. The predicted octanol–water partition coefficient (Wildman–Crippen LogP) is 1.18. The highest BCUT2D eigenvalue weighted by Crippen LogP contribution is 2.27. The van der Waals surface area contributed by atoms with Crippen molar-refractivity contribution in [2.45, 2.75) is 13.2 Å². The molecular formula is C13H19BrO6. The van der Waals surface area contributed by atoms with Crippen molar-refractivity contribution < 1.29 is 28.9 Å². The first-order chi connectivity index (χ1) is 9.43. The summed E-state index contributed by atoms with van der Waals surface area (Å²) in [6.45, 7) is 7.96. The van der Waals surface area contributed by atoms with Gasteiger partial charge in [-0.1, -0.05) is 36.0 Å². The van der Waals surface area contributed by atoms with Crippen molar-refractivity contribution in [1.82, 2.24) is 0 Å². The van der Waals surface area contributed by atoms with Crippen LogP contribution in [0.4, 0.5) is 0 Å². The van der Waals surface area contributed by atoms with Gasteiger partial charge in [0.1, 0.15) is 6.61 Å². The number of carbonyl (C=O) groups is 2. The lowest BCUT2D eigenvalue weighted by Gasteiger charge is -2.33. The van der Waals surface area contributed by atoms with Gasteiger partial charge in [0, 0.05) is 17.5 Å². The Kier molecular flexibility index (Phi) is 9.11. The highest BCUT2D eigenvalue weighted by atomic mass is 79.9. The zero-order valence-electron chi connectivity index (χ0n) is 11.3. The molecule has 0 aromatic heterocycles. The molecule has 0 aliphatic rings. The molecule has 0 spiro atoms. The Balaban J connectivity index is 4.53. The Morgan fingerprint density at radius 3 is 2.35 bits per heavy atom. The van der Waals surface area contributed by atoms with Gasteiger partial charge in [0.15, 0.2) is 0 Å². The maximum atomic E-state index is 11.3. The lowest BCUT2D eigenvalue weighted by Crippen LogP contribution is -2.43. The average molecular weight is 351 g/mol. The van der Waals surface area contributed by atoms with Crippen molar-refractivity contribution in [1.29, 1.82) is 0 Å². The van der Waals surface area contributed by atoms with Crippen LogP contribution < -0.4 is 0 Å². The molecule has 0 aliphatic heterocycles. The van der Waals surface area contributed by atoms with E-state index in [1.54, 1.807) is 6.92 Å². The fraction of sp³-hybridized carbons (Fsp3) is 0.538. The molecular weight excluding hydrogens is 332 g/mol. The maximum absolute atomic E-state index is 11.3. The van der Waals surface area contributed by atoms with Gasteiger partial charge in [-0.25, -0.2) is 9.59 Å². The summed E-state index contributed by atoms with van der Waals surface area (Å²) in [6, 6.07) is 0. The molecule has 0 aromatic rings. The van der Waals surface area contributed by atoms with Gasteiger partial charge in [-0.05, 0) is 0 Å². The van der Waals surface area contributed by atoms with Crippen molar-refractivity contribution in [2.24, 2.45) is 5.41 Å². The smallest absolute Gasteiger partial charge is 0.332 e. The number of hydrogen-bond donors (Lipinski definition) is 1. The quantitative estimate of drug-likeness (QED) is 0.209. The summed E-state index contributed by atoms with van der Waals surface area (Å²) in [6.07, 6.45) is 1.03.